The Morgan fingerprint density at radius 1 is 0.923 bits per heavy atom. The predicted molar refractivity (Wildman–Crippen MR) is 118 cm³/mol. The molecular weight excluding hydrogens is 336 g/mol. The number of anilines is 1. The summed E-state index contributed by atoms with van der Waals surface area (Å²) in [5, 5.41) is 7.32. The van der Waals surface area contributed by atoms with Crippen molar-refractivity contribution in [3.63, 3.8) is 0 Å². The highest BCUT2D eigenvalue weighted by Gasteiger charge is 2.09. The minimum absolute atomic E-state index is 0.171. The van der Waals surface area contributed by atoms with Crippen LogP contribution in [0.3, 0.4) is 0 Å². The molecule has 2 unspecified atom stereocenters. The first-order chi connectivity index (χ1) is 12.5. The third-order valence-corrected chi connectivity index (χ3v) is 5.22. The summed E-state index contributed by atoms with van der Waals surface area (Å²) in [4.78, 5) is 0. The molecule has 3 heteroatoms. The zero-order valence-electron chi connectivity index (χ0n) is 16.5. The molecule has 0 aliphatic rings. The molecule has 26 heavy (non-hydrogen) atoms. The van der Waals surface area contributed by atoms with Crippen LogP contribution in [0.5, 0.6) is 0 Å². The van der Waals surface area contributed by atoms with E-state index in [2.05, 4.69) is 86.9 Å². The van der Waals surface area contributed by atoms with Crippen LogP contribution in [0.4, 0.5) is 5.69 Å². The van der Waals surface area contributed by atoms with Gasteiger partial charge < -0.3 is 10.6 Å². The largest absolute Gasteiger partial charge is 0.356 e. The summed E-state index contributed by atoms with van der Waals surface area (Å²) >= 11 is 5.48. The van der Waals surface area contributed by atoms with Crippen LogP contribution < -0.4 is 10.6 Å². The van der Waals surface area contributed by atoms with Crippen LogP contribution in [0.25, 0.3) is 0 Å². The number of hydrogen-bond donors (Lipinski definition) is 2. The molecule has 0 heterocycles. The van der Waals surface area contributed by atoms with Gasteiger partial charge >= 0.3 is 0 Å². The second-order valence-electron chi connectivity index (χ2n) is 7.10. The molecule has 0 aliphatic heterocycles. The van der Waals surface area contributed by atoms with E-state index in [0.29, 0.717) is 11.0 Å². The topological polar surface area (TPSA) is 24.1 Å². The van der Waals surface area contributed by atoms with Crippen molar-refractivity contribution in [1.29, 1.82) is 0 Å². The van der Waals surface area contributed by atoms with E-state index >= 15 is 0 Å². The second kappa shape index (κ2) is 10.3. The molecule has 2 rings (SSSR count). The molecule has 0 aliphatic carbocycles. The van der Waals surface area contributed by atoms with Gasteiger partial charge in [0.2, 0.25) is 0 Å². The zero-order chi connectivity index (χ0) is 18.9. The van der Waals surface area contributed by atoms with Crippen molar-refractivity contribution in [2.24, 2.45) is 0 Å². The lowest BCUT2D eigenvalue weighted by Gasteiger charge is -2.18. The van der Waals surface area contributed by atoms with Crippen LogP contribution in [0.15, 0.2) is 48.5 Å². The first kappa shape index (κ1) is 20.4. The molecule has 2 N–H and O–H groups in total. The van der Waals surface area contributed by atoms with E-state index in [-0.39, 0.29) is 6.04 Å². The van der Waals surface area contributed by atoms with Gasteiger partial charge in [-0.15, -0.1) is 0 Å². The highest BCUT2D eigenvalue weighted by molar-refractivity contribution is 7.80. The molecule has 0 saturated heterocycles. The van der Waals surface area contributed by atoms with Crippen LogP contribution in [-0.2, 0) is 6.42 Å². The first-order valence-electron chi connectivity index (χ1n) is 9.79. The Balaban J connectivity index is 1.88. The van der Waals surface area contributed by atoms with Crippen LogP contribution in [0.2, 0.25) is 0 Å². The lowest BCUT2D eigenvalue weighted by molar-refractivity contribution is 0.713. The monoisotopic (exact) mass is 368 g/mol. The van der Waals surface area contributed by atoms with Gasteiger partial charge in [0.25, 0.3) is 0 Å². The van der Waals surface area contributed by atoms with Gasteiger partial charge in [-0.2, -0.15) is 0 Å². The molecular formula is C23H32N2S. The van der Waals surface area contributed by atoms with Crippen molar-refractivity contribution in [2.75, 3.05) is 5.32 Å². The Labute approximate surface area is 164 Å². The quantitative estimate of drug-likeness (QED) is 0.514. The van der Waals surface area contributed by atoms with Gasteiger partial charge in [0, 0.05) is 5.69 Å². The van der Waals surface area contributed by atoms with Crippen molar-refractivity contribution in [1.82, 2.24) is 5.32 Å². The normalized spacial score (nSPS) is 13.1. The summed E-state index contributed by atoms with van der Waals surface area (Å²) in [5.74, 6) is 0.607. The molecule has 0 fully saturated rings. The maximum absolute atomic E-state index is 5.48. The number of aryl methyl sites for hydroxylation is 1. The molecule has 0 bridgehead atoms. The van der Waals surface area contributed by atoms with E-state index in [1.54, 1.807) is 0 Å². The molecule has 0 aromatic heterocycles. The Morgan fingerprint density at radius 3 is 2.12 bits per heavy atom. The van der Waals surface area contributed by atoms with Gasteiger partial charge in [-0.3, -0.25) is 0 Å². The minimum Gasteiger partial charge on any atom is -0.356 e. The number of unbranched alkanes of at least 4 members (excludes halogenated alkanes) is 1. The minimum atomic E-state index is 0.171. The molecule has 140 valence electrons. The third-order valence-electron chi connectivity index (χ3n) is 5.00. The average Bonchev–Trinajstić information content (AvgIpc) is 2.66. The van der Waals surface area contributed by atoms with E-state index in [1.165, 1.54) is 36.0 Å². The lowest BCUT2D eigenvalue weighted by atomic mass is 9.96. The lowest BCUT2D eigenvalue weighted by Crippen LogP contribution is -2.30. The fourth-order valence-corrected chi connectivity index (χ4v) is 3.23. The molecule has 2 nitrogen and oxygen atoms in total. The van der Waals surface area contributed by atoms with Crippen LogP contribution in [0, 0.1) is 0 Å². The molecule has 2 aromatic carbocycles. The van der Waals surface area contributed by atoms with Gasteiger partial charge in [0.15, 0.2) is 5.11 Å². The zero-order valence-corrected chi connectivity index (χ0v) is 17.3. The molecule has 0 spiro atoms. The number of hydrogen-bond acceptors (Lipinski definition) is 1. The van der Waals surface area contributed by atoms with Gasteiger partial charge in [-0.25, -0.2) is 0 Å². The standard InChI is InChI=1S/C23H32N2S/c1-5-7-8-19-9-15-22(16-10-19)25-23(26)24-18(4)21-13-11-20(12-14-21)17(3)6-2/h9-18H,5-8H2,1-4H3,(H2,24,25,26). The Morgan fingerprint density at radius 2 is 1.54 bits per heavy atom. The van der Waals surface area contributed by atoms with Gasteiger partial charge in [0.05, 0.1) is 6.04 Å². The highest BCUT2D eigenvalue weighted by atomic mass is 32.1. The molecule has 0 saturated carbocycles. The summed E-state index contributed by atoms with van der Waals surface area (Å²) in [7, 11) is 0. The summed E-state index contributed by atoms with van der Waals surface area (Å²) in [6.07, 6.45) is 4.77. The molecule has 0 radical (unpaired) electrons. The second-order valence-corrected chi connectivity index (χ2v) is 7.50. The van der Waals surface area contributed by atoms with E-state index < -0.39 is 0 Å². The fourth-order valence-electron chi connectivity index (χ4n) is 2.93. The maximum atomic E-state index is 5.48. The molecule has 0 amide bonds. The average molecular weight is 369 g/mol. The number of thiocarbonyl (C=S) groups is 1. The van der Waals surface area contributed by atoms with Crippen molar-refractivity contribution in [2.45, 2.75) is 65.3 Å². The van der Waals surface area contributed by atoms with E-state index in [9.17, 15) is 0 Å². The SMILES string of the molecule is CCCCc1ccc(NC(=S)NC(C)c2ccc(C(C)CC)cc2)cc1. The van der Waals surface area contributed by atoms with Crippen molar-refractivity contribution < 1.29 is 0 Å². The van der Waals surface area contributed by atoms with Crippen molar-refractivity contribution in [3.05, 3.63) is 65.2 Å². The van der Waals surface area contributed by atoms with Crippen LogP contribution in [-0.4, -0.2) is 5.11 Å². The molecule has 2 atom stereocenters. The summed E-state index contributed by atoms with van der Waals surface area (Å²) < 4.78 is 0. The van der Waals surface area contributed by atoms with Gasteiger partial charge in [0.1, 0.15) is 0 Å². The van der Waals surface area contributed by atoms with Crippen LogP contribution in [0.1, 0.15) is 75.6 Å². The Kier molecular flexibility index (Phi) is 8.11. The summed E-state index contributed by atoms with van der Waals surface area (Å²) in [6.45, 7) is 8.85. The summed E-state index contributed by atoms with van der Waals surface area (Å²) in [6, 6.07) is 17.6. The number of rotatable bonds is 8. The van der Waals surface area contributed by atoms with Gasteiger partial charge in [-0.05, 0) is 73.1 Å². The predicted octanol–water partition coefficient (Wildman–Crippen LogP) is 6.59. The number of benzene rings is 2. The molecule has 2 aromatic rings. The van der Waals surface area contributed by atoms with Crippen LogP contribution >= 0.6 is 12.2 Å². The first-order valence-corrected chi connectivity index (χ1v) is 10.2. The fraction of sp³-hybridized carbons (Fsp3) is 0.435. The third kappa shape index (κ3) is 6.14. The maximum Gasteiger partial charge on any atom is 0.171 e. The van der Waals surface area contributed by atoms with Crippen molar-refractivity contribution >= 4 is 23.0 Å². The van der Waals surface area contributed by atoms with E-state index in [1.807, 2.05) is 0 Å². The number of nitrogens with one attached hydrogen (secondary N) is 2. The smallest absolute Gasteiger partial charge is 0.171 e. The van der Waals surface area contributed by atoms with E-state index in [4.69, 9.17) is 12.2 Å². The Hall–Kier alpha value is -1.87. The van der Waals surface area contributed by atoms with Crippen molar-refractivity contribution in [3.8, 4) is 0 Å². The Bertz CT molecular complexity index is 676. The highest BCUT2D eigenvalue weighted by Crippen LogP contribution is 2.21. The summed E-state index contributed by atoms with van der Waals surface area (Å²) in [5.41, 5.74) is 5.05. The van der Waals surface area contributed by atoms with Gasteiger partial charge in [-0.1, -0.05) is 63.6 Å². The van der Waals surface area contributed by atoms with E-state index in [0.717, 1.165) is 12.1 Å².